The molecule has 0 atom stereocenters. The summed E-state index contributed by atoms with van der Waals surface area (Å²) in [4.78, 5) is 24.2. The molecule has 0 fully saturated rings. The lowest BCUT2D eigenvalue weighted by molar-refractivity contribution is -0.121. The third kappa shape index (κ3) is 4.45. The summed E-state index contributed by atoms with van der Waals surface area (Å²) in [5, 5.41) is 10.7. The van der Waals surface area contributed by atoms with Crippen LogP contribution in [0.3, 0.4) is 0 Å². The van der Waals surface area contributed by atoms with Crippen molar-refractivity contribution in [1.82, 2.24) is 20.1 Å². The predicted molar refractivity (Wildman–Crippen MR) is 99.4 cm³/mol. The lowest BCUT2D eigenvalue weighted by atomic mass is 10.2. The van der Waals surface area contributed by atoms with Gasteiger partial charge in [-0.05, 0) is 23.8 Å². The Morgan fingerprint density at radius 2 is 2.12 bits per heavy atom. The van der Waals surface area contributed by atoms with Crippen molar-refractivity contribution in [1.29, 1.82) is 0 Å². The monoisotopic (exact) mass is 416 g/mol. The molecular weight excluding hydrogens is 400 g/mol. The first kappa shape index (κ1) is 18.1. The van der Waals surface area contributed by atoms with Gasteiger partial charge in [-0.15, -0.1) is 10.2 Å². The van der Waals surface area contributed by atoms with E-state index in [2.05, 4.69) is 31.4 Å². The summed E-state index contributed by atoms with van der Waals surface area (Å²) in [6.07, 6.45) is 2.18. The molecule has 1 aromatic carbocycles. The molecule has 0 bridgehead atoms. The van der Waals surface area contributed by atoms with Crippen molar-refractivity contribution in [3.05, 3.63) is 68.9 Å². The Kier molecular flexibility index (Phi) is 5.62. The van der Waals surface area contributed by atoms with Gasteiger partial charge < -0.3 is 14.3 Å². The Balaban J connectivity index is 1.69. The summed E-state index contributed by atoms with van der Waals surface area (Å²) >= 11 is 3.39. The second kappa shape index (κ2) is 8.09. The van der Waals surface area contributed by atoms with Crippen LogP contribution in [-0.4, -0.2) is 20.7 Å². The zero-order valence-electron chi connectivity index (χ0n) is 14.1. The number of carbonyl (C=O) groups is 1. The lowest BCUT2D eigenvalue weighted by Gasteiger charge is -2.08. The third-order valence-electron chi connectivity index (χ3n) is 3.69. The topological polar surface area (TPSA) is 90.0 Å². The minimum absolute atomic E-state index is 0.0878. The van der Waals surface area contributed by atoms with E-state index in [0.717, 1.165) is 10.0 Å². The standard InChI is InChI=1S/C18H17BrN4O3/c1-2-16-21-22-18(26-16)13-6-7-17(25)23(10-13)11-15(24)20-9-12-4-3-5-14(19)8-12/h3-8,10H,2,9,11H2,1H3,(H,20,24). The van der Waals surface area contributed by atoms with E-state index >= 15 is 0 Å². The quantitative estimate of drug-likeness (QED) is 0.666. The van der Waals surface area contributed by atoms with Gasteiger partial charge in [0.15, 0.2) is 0 Å². The highest BCUT2D eigenvalue weighted by Gasteiger charge is 2.11. The molecule has 0 saturated heterocycles. The average Bonchev–Trinajstić information content (AvgIpc) is 3.11. The molecule has 0 saturated carbocycles. The van der Waals surface area contributed by atoms with Gasteiger partial charge in [-0.25, -0.2) is 0 Å². The minimum atomic E-state index is -0.276. The summed E-state index contributed by atoms with van der Waals surface area (Å²) < 4.78 is 7.76. The zero-order valence-corrected chi connectivity index (χ0v) is 15.7. The SMILES string of the molecule is CCc1nnc(-c2ccc(=O)n(CC(=O)NCc3cccc(Br)c3)c2)o1. The van der Waals surface area contributed by atoms with Gasteiger partial charge in [-0.2, -0.15) is 0 Å². The van der Waals surface area contributed by atoms with Crippen molar-refractivity contribution >= 4 is 21.8 Å². The highest BCUT2D eigenvalue weighted by molar-refractivity contribution is 9.10. The van der Waals surface area contributed by atoms with Crippen LogP contribution in [0, 0.1) is 0 Å². The number of hydrogen-bond donors (Lipinski definition) is 1. The Morgan fingerprint density at radius 3 is 2.85 bits per heavy atom. The van der Waals surface area contributed by atoms with Crippen LogP contribution in [0.15, 0.2) is 56.3 Å². The maximum absolute atomic E-state index is 12.2. The van der Waals surface area contributed by atoms with Crippen molar-refractivity contribution in [3.63, 3.8) is 0 Å². The molecule has 0 spiro atoms. The van der Waals surface area contributed by atoms with Gasteiger partial charge in [0.05, 0.1) is 5.56 Å². The van der Waals surface area contributed by atoms with E-state index in [-0.39, 0.29) is 18.0 Å². The molecular formula is C18H17BrN4O3. The van der Waals surface area contributed by atoms with Crippen LogP contribution >= 0.6 is 15.9 Å². The Labute approximate surface area is 158 Å². The molecule has 3 rings (SSSR count). The third-order valence-corrected chi connectivity index (χ3v) is 4.19. The summed E-state index contributed by atoms with van der Waals surface area (Å²) in [5.41, 5.74) is 1.28. The number of aromatic nitrogens is 3. The van der Waals surface area contributed by atoms with Gasteiger partial charge in [0, 0.05) is 29.7 Å². The number of aryl methyl sites for hydroxylation is 1. The zero-order chi connectivity index (χ0) is 18.5. The largest absolute Gasteiger partial charge is 0.421 e. The number of nitrogens with zero attached hydrogens (tertiary/aromatic N) is 3. The van der Waals surface area contributed by atoms with Crippen LogP contribution in [-0.2, 0) is 24.3 Å². The number of benzene rings is 1. The lowest BCUT2D eigenvalue weighted by Crippen LogP contribution is -2.31. The molecule has 0 aliphatic carbocycles. The molecule has 7 nitrogen and oxygen atoms in total. The number of rotatable bonds is 6. The van der Waals surface area contributed by atoms with Crippen LogP contribution in [0.4, 0.5) is 0 Å². The van der Waals surface area contributed by atoms with Crippen molar-refractivity contribution < 1.29 is 9.21 Å². The first-order valence-electron chi connectivity index (χ1n) is 8.09. The van der Waals surface area contributed by atoms with Gasteiger partial charge in [0.25, 0.3) is 5.56 Å². The molecule has 0 aliphatic rings. The Hall–Kier alpha value is -2.74. The van der Waals surface area contributed by atoms with Crippen LogP contribution in [0.1, 0.15) is 18.4 Å². The van der Waals surface area contributed by atoms with E-state index in [1.807, 2.05) is 31.2 Å². The van der Waals surface area contributed by atoms with Crippen molar-refractivity contribution in [2.45, 2.75) is 26.4 Å². The average molecular weight is 417 g/mol. The van der Waals surface area contributed by atoms with Gasteiger partial charge in [-0.3, -0.25) is 9.59 Å². The number of amides is 1. The van der Waals surface area contributed by atoms with E-state index in [4.69, 9.17) is 4.42 Å². The van der Waals surface area contributed by atoms with Crippen LogP contribution in [0.25, 0.3) is 11.5 Å². The molecule has 1 N–H and O–H groups in total. The maximum atomic E-state index is 12.2. The van der Waals surface area contributed by atoms with E-state index in [1.54, 1.807) is 12.3 Å². The molecule has 26 heavy (non-hydrogen) atoms. The fourth-order valence-electron chi connectivity index (χ4n) is 2.35. The number of halogens is 1. The predicted octanol–water partition coefficient (Wildman–Crippen LogP) is 2.54. The summed E-state index contributed by atoms with van der Waals surface area (Å²) in [6.45, 7) is 2.21. The number of pyridine rings is 1. The molecule has 2 aromatic heterocycles. The molecule has 134 valence electrons. The first-order valence-corrected chi connectivity index (χ1v) is 8.89. The van der Waals surface area contributed by atoms with Gasteiger partial charge in [0.2, 0.25) is 17.7 Å². The van der Waals surface area contributed by atoms with Crippen molar-refractivity contribution in [2.24, 2.45) is 0 Å². The van der Waals surface area contributed by atoms with Crippen LogP contribution in [0.5, 0.6) is 0 Å². The second-order valence-electron chi connectivity index (χ2n) is 5.65. The summed E-state index contributed by atoms with van der Waals surface area (Å²) in [5.74, 6) is 0.582. The van der Waals surface area contributed by atoms with E-state index in [1.165, 1.54) is 10.6 Å². The fraction of sp³-hybridized carbons (Fsp3) is 0.222. The minimum Gasteiger partial charge on any atom is -0.421 e. The Morgan fingerprint density at radius 1 is 1.27 bits per heavy atom. The number of nitrogens with one attached hydrogen (secondary N) is 1. The summed E-state index contributed by atoms with van der Waals surface area (Å²) in [6, 6.07) is 10.6. The summed E-state index contributed by atoms with van der Waals surface area (Å²) in [7, 11) is 0. The highest BCUT2D eigenvalue weighted by atomic mass is 79.9. The number of carbonyl (C=O) groups excluding carboxylic acids is 1. The smallest absolute Gasteiger partial charge is 0.251 e. The van der Waals surface area contributed by atoms with E-state index < -0.39 is 0 Å². The first-order chi connectivity index (χ1) is 12.5. The van der Waals surface area contributed by atoms with E-state index in [9.17, 15) is 9.59 Å². The molecule has 0 unspecified atom stereocenters. The van der Waals surface area contributed by atoms with Gasteiger partial charge >= 0.3 is 0 Å². The van der Waals surface area contributed by atoms with Crippen LogP contribution < -0.4 is 10.9 Å². The highest BCUT2D eigenvalue weighted by Crippen LogP contribution is 2.16. The maximum Gasteiger partial charge on any atom is 0.251 e. The fourth-order valence-corrected chi connectivity index (χ4v) is 2.80. The van der Waals surface area contributed by atoms with Gasteiger partial charge in [-0.1, -0.05) is 35.0 Å². The number of hydrogen-bond acceptors (Lipinski definition) is 5. The van der Waals surface area contributed by atoms with Crippen molar-refractivity contribution in [3.8, 4) is 11.5 Å². The molecule has 0 radical (unpaired) electrons. The van der Waals surface area contributed by atoms with Crippen molar-refractivity contribution in [2.75, 3.05) is 0 Å². The van der Waals surface area contributed by atoms with Gasteiger partial charge in [0.1, 0.15) is 6.54 Å². The molecule has 3 aromatic rings. The molecule has 2 heterocycles. The Bertz CT molecular complexity index is 980. The molecule has 8 heteroatoms. The normalized spacial score (nSPS) is 10.7. The van der Waals surface area contributed by atoms with Crippen LogP contribution in [0.2, 0.25) is 0 Å². The van der Waals surface area contributed by atoms with E-state index in [0.29, 0.717) is 30.3 Å². The second-order valence-corrected chi connectivity index (χ2v) is 6.56. The molecule has 0 aliphatic heterocycles. The molecule has 1 amide bonds.